The molecule has 1 unspecified atom stereocenters. The number of fused-ring (bicyclic) bond motifs is 1. The summed E-state index contributed by atoms with van der Waals surface area (Å²) in [5.41, 5.74) is 2.97. The number of rotatable bonds is 3. The highest BCUT2D eigenvalue weighted by molar-refractivity contribution is 7.78. The van der Waals surface area contributed by atoms with Gasteiger partial charge in [-0.15, -0.1) is 0 Å². The smallest absolute Gasteiger partial charge is 0.137 e. The van der Waals surface area contributed by atoms with E-state index in [1.807, 2.05) is 18.2 Å². The fraction of sp³-hybridized carbons (Fsp3) is 0.231. The van der Waals surface area contributed by atoms with Gasteiger partial charge in [-0.05, 0) is 23.6 Å². The van der Waals surface area contributed by atoms with Gasteiger partial charge in [0.25, 0.3) is 0 Å². The van der Waals surface area contributed by atoms with Crippen LogP contribution in [0.3, 0.4) is 0 Å². The third-order valence-electron chi connectivity index (χ3n) is 3.22. The highest BCUT2D eigenvalue weighted by Gasteiger charge is 2.21. The van der Waals surface area contributed by atoms with Crippen LogP contribution in [0.25, 0.3) is 0 Å². The van der Waals surface area contributed by atoms with Gasteiger partial charge in [-0.1, -0.05) is 34.8 Å². The van der Waals surface area contributed by atoms with Crippen molar-refractivity contribution < 1.29 is 8.76 Å². The summed E-state index contributed by atoms with van der Waals surface area (Å²) in [7, 11) is 0. The van der Waals surface area contributed by atoms with E-state index >= 15 is 0 Å². The van der Waals surface area contributed by atoms with Gasteiger partial charge in [0.05, 0.1) is 0 Å². The summed E-state index contributed by atoms with van der Waals surface area (Å²) in [6.07, 6.45) is 2.29. The van der Waals surface area contributed by atoms with E-state index in [-0.39, 0.29) is 5.75 Å². The van der Waals surface area contributed by atoms with E-state index in [0.29, 0.717) is 5.15 Å². The Morgan fingerprint density at radius 1 is 1.35 bits per heavy atom. The maximum atomic E-state index is 10.8. The van der Waals surface area contributed by atoms with E-state index < -0.39 is 11.1 Å². The van der Waals surface area contributed by atoms with E-state index in [1.165, 1.54) is 6.33 Å². The van der Waals surface area contributed by atoms with Gasteiger partial charge in [-0.2, -0.15) is 0 Å². The van der Waals surface area contributed by atoms with Crippen molar-refractivity contribution in [2.45, 2.75) is 12.2 Å². The van der Waals surface area contributed by atoms with Gasteiger partial charge in [-0.3, -0.25) is 4.21 Å². The van der Waals surface area contributed by atoms with Gasteiger partial charge >= 0.3 is 0 Å². The molecule has 1 aliphatic heterocycles. The van der Waals surface area contributed by atoms with Gasteiger partial charge in [0.2, 0.25) is 0 Å². The summed E-state index contributed by atoms with van der Waals surface area (Å²) in [5, 5.41) is 0.404. The predicted octanol–water partition coefficient (Wildman–Crippen LogP) is 2.20. The molecule has 1 atom stereocenters. The summed E-state index contributed by atoms with van der Waals surface area (Å²) < 4.78 is 21.5. The first-order chi connectivity index (χ1) is 9.63. The molecule has 5 nitrogen and oxygen atoms in total. The Labute approximate surface area is 123 Å². The number of hydrogen-bond donors (Lipinski definition) is 0. The standard InChI is InChI=1S/C13H12ClN3O2S/c14-12-6-13(16-8-15-12)17-4-3-10-5-9(7-20(18)19)1-2-11(10)17/h1-2,5-6,8H,3-4,7H2,(H,18,19)/p-1. The number of anilines is 2. The molecule has 0 spiro atoms. The van der Waals surface area contributed by atoms with E-state index in [2.05, 4.69) is 14.9 Å². The van der Waals surface area contributed by atoms with Crippen LogP contribution < -0.4 is 4.90 Å². The Balaban J connectivity index is 1.93. The minimum Gasteiger partial charge on any atom is -0.772 e. The first kappa shape index (κ1) is 13.5. The van der Waals surface area contributed by atoms with Gasteiger partial charge < -0.3 is 9.45 Å². The van der Waals surface area contributed by atoms with Crippen LogP contribution in [0.2, 0.25) is 5.15 Å². The molecule has 3 rings (SSSR count). The highest BCUT2D eigenvalue weighted by Crippen LogP contribution is 2.34. The molecule has 2 heterocycles. The SMILES string of the molecule is O=S([O-])Cc1ccc2c(c1)CCN2c1cc(Cl)ncn1. The van der Waals surface area contributed by atoms with Crippen LogP contribution in [-0.2, 0) is 23.3 Å². The monoisotopic (exact) mass is 308 g/mol. The molecule has 0 N–H and O–H groups in total. The summed E-state index contributed by atoms with van der Waals surface area (Å²) in [5.74, 6) is 0.802. The Hall–Kier alpha value is -1.50. The molecule has 0 amide bonds. The molecule has 2 aromatic rings. The van der Waals surface area contributed by atoms with Crippen LogP contribution in [-0.4, -0.2) is 25.3 Å². The Morgan fingerprint density at radius 3 is 2.95 bits per heavy atom. The van der Waals surface area contributed by atoms with Crippen molar-refractivity contribution in [1.82, 2.24) is 9.97 Å². The molecular formula is C13H11ClN3O2S-. The van der Waals surface area contributed by atoms with E-state index in [0.717, 1.165) is 35.6 Å². The van der Waals surface area contributed by atoms with Crippen LogP contribution >= 0.6 is 11.6 Å². The quantitative estimate of drug-likeness (QED) is 0.642. The molecule has 1 aromatic heterocycles. The van der Waals surface area contributed by atoms with Crippen molar-refractivity contribution in [2.24, 2.45) is 0 Å². The number of halogens is 1. The molecule has 0 radical (unpaired) electrons. The van der Waals surface area contributed by atoms with Crippen molar-refractivity contribution in [3.63, 3.8) is 0 Å². The Bertz CT molecular complexity index is 680. The minimum atomic E-state index is -2.06. The molecule has 0 fully saturated rings. The third kappa shape index (κ3) is 2.67. The largest absolute Gasteiger partial charge is 0.772 e. The molecule has 1 aromatic carbocycles. The zero-order valence-electron chi connectivity index (χ0n) is 10.5. The number of benzene rings is 1. The van der Waals surface area contributed by atoms with Gasteiger partial charge in [0.15, 0.2) is 0 Å². The molecule has 0 aliphatic carbocycles. The summed E-state index contributed by atoms with van der Waals surface area (Å²) >= 11 is 3.82. The maximum Gasteiger partial charge on any atom is 0.137 e. The lowest BCUT2D eigenvalue weighted by molar-refractivity contribution is 0.536. The molecule has 20 heavy (non-hydrogen) atoms. The fourth-order valence-corrected chi connectivity index (χ4v) is 2.98. The van der Waals surface area contributed by atoms with Crippen molar-refractivity contribution in [3.8, 4) is 0 Å². The van der Waals surface area contributed by atoms with E-state index in [9.17, 15) is 8.76 Å². The maximum absolute atomic E-state index is 10.8. The van der Waals surface area contributed by atoms with Crippen LogP contribution in [0.4, 0.5) is 11.5 Å². The Morgan fingerprint density at radius 2 is 2.20 bits per heavy atom. The summed E-state index contributed by atoms with van der Waals surface area (Å²) in [6, 6.07) is 7.42. The van der Waals surface area contributed by atoms with Crippen molar-refractivity contribution in [3.05, 3.63) is 46.9 Å². The van der Waals surface area contributed by atoms with E-state index in [4.69, 9.17) is 11.6 Å². The molecule has 7 heteroatoms. The predicted molar refractivity (Wildman–Crippen MR) is 76.8 cm³/mol. The summed E-state index contributed by atoms with van der Waals surface area (Å²) in [6.45, 7) is 0.798. The molecule has 0 bridgehead atoms. The first-order valence-corrected chi connectivity index (χ1v) is 7.68. The number of aromatic nitrogens is 2. The van der Waals surface area contributed by atoms with Crippen LogP contribution in [0, 0.1) is 0 Å². The zero-order valence-corrected chi connectivity index (χ0v) is 12.0. The van der Waals surface area contributed by atoms with Crippen molar-refractivity contribution in [1.29, 1.82) is 0 Å². The highest BCUT2D eigenvalue weighted by atomic mass is 35.5. The van der Waals surface area contributed by atoms with Gasteiger partial charge in [0.1, 0.15) is 17.3 Å². The molecular weight excluding hydrogens is 298 g/mol. The average molecular weight is 309 g/mol. The molecule has 1 aliphatic rings. The lowest BCUT2D eigenvalue weighted by Crippen LogP contribution is -2.14. The zero-order chi connectivity index (χ0) is 14.1. The van der Waals surface area contributed by atoms with E-state index in [1.54, 1.807) is 6.07 Å². The lowest BCUT2D eigenvalue weighted by atomic mass is 10.1. The number of hydrogen-bond acceptors (Lipinski definition) is 5. The van der Waals surface area contributed by atoms with Crippen molar-refractivity contribution in [2.75, 3.05) is 11.4 Å². The molecule has 0 saturated heterocycles. The topological polar surface area (TPSA) is 69.2 Å². The second-order valence-electron chi connectivity index (χ2n) is 4.51. The van der Waals surface area contributed by atoms with Gasteiger partial charge in [-0.25, -0.2) is 9.97 Å². The normalized spacial score (nSPS) is 15.2. The van der Waals surface area contributed by atoms with Crippen LogP contribution in [0.1, 0.15) is 11.1 Å². The van der Waals surface area contributed by atoms with Crippen LogP contribution in [0.15, 0.2) is 30.6 Å². The molecule has 0 saturated carbocycles. The second kappa shape index (κ2) is 5.47. The Kier molecular flexibility index (Phi) is 3.69. The second-order valence-corrected chi connectivity index (χ2v) is 5.80. The van der Waals surface area contributed by atoms with Crippen molar-refractivity contribution >= 4 is 34.2 Å². The van der Waals surface area contributed by atoms with Crippen LogP contribution in [0.5, 0.6) is 0 Å². The minimum absolute atomic E-state index is 0.0482. The van der Waals surface area contributed by atoms with Gasteiger partial charge in [0, 0.05) is 24.1 Å². The first-order valence-electron chi connectivity index (χ1n) is 6.06. The average Bonchev–Trinajstić information content (AvgIpc) is 2.81. The third-order valence-corrected chi connectivity index (χ3v) is 4.00. The lowest BCUT2D eigenvalue weighted by Gasteiger charge is -2.18. The number of nitrogens with zero attached hydrogens (tertiary/aromatic N) is 3. The molecule has 104 valence electrons. The summed E-state index contributed by atoms with van der Waals surface area (Å²) in [4.78, 5) is 10.2. The fourth-order valence-electron chi connectivity index (χ4n) is 2.39.